The van der Waals surface area contributed by atoms with Crippen molar-refractivity contribution in [3.63, 3.8) is 0 Å². The lowest BCUT2D eigenvalue weighted by Crippen LogP contribution is -2.32. The summed E-state index contributed by atoms with van der Waals surface area (Å²) in [6.07, 6.45) is 3.33. The van der Waals surface area contributed by atoms with Gasteiger partial charge in [-0.3, -0.25) is 19.7 Å². The first-order valence-corrected chi connectivity index (χ1v) is 11.0. The summed E-state index contributed by atoms with van der Waals surface area (Å²) in [5.74, 6) is -2.57. The molecule has 1 unspecified atom stereocenters. The molecule has 0 fully saturated rings. The van der Waals surface area contributed by atoms with Crippen molar-refractivity contribution in [2.45, 2.75) is 33.1 Å². The number of anilines is 1. The number of rotatable bonds is 6. The van der Waals surface area contributed by atoms with Crippen LogP contribution in [-0.4, -0.2) is 40.6 Å². The number of carbonyl (C=O) groups excluding carboxylic acids is 3. The number of hydrogen-bond donors (Lipinski definition) is 3. The Kier molecular flexibility index (Phi) is 7.38. The summed E-state index contributed by atoms with van der Waals surface area (Å²) in [4.78, 5) is 48.3. The summed E-state index contributed by atoms with van der Waals surface area (Å²) in [6.45, 7) is 3.96. The van der Waals surface area contributed by atoms with Gasteiger partial charge in [0.25, 0.3) is 5.69 Å². The Morgan fingerprint density at radius 2 is 2.12 bits per heavy atom. The van der Waals surface area contributed by atoms with Crippen LogP contribution in [0.3, 0.4) is 0 Å². The van der Waals surface area contributed by atoms with E-state index in [9.17, 15) is 29.6 Å². The van der Waals surface area contributed by atoms with Gasteiger partial charge in [-0.05, 0) is 43.7 Å². The van der Waals surface area contributed by atoms with Crippen LogP contribution in [0.2, 0.25) is 0 Å². The van der Waals surface area contributed by atoms with Gasteiger partial charge in [0.15, 0.2) is 0 Å². The maximum Gasteiger partial charge on any atom is 0.341 e. The third kappa shape index (κ3) is 5.52. The summed E-state index contributed by atoms with van der Waals surface area (Å²) >= 11 is 1.24. The molecular weight excluding hydrogens is 452 g/mol. The molecule has 0 bridgehead atoms. The molecule has 1 atom stereocenters. The lowest BCUT2D eigenvalue weighted by atomic mass is 9.88. The van der Waals surface area contributed by atoms with Crippen LogP contribution >= 0.6 is 11.3 Å². The molecule has 3 rings (SSSR count). The zero-order valence-electron chi connectivity index (χ0n) is 17.9. The van der Waals surface area contributed by atoms with E-state index in [2.05, 4.69) is 17.3 Å². The van der Waals surface area contributed by atoms with Crippen molar-refractivity contribution in [3.05, 3.63) is 49.9 Å². The lowest BCUT2D eigenvalue weighted by molar-refractivity contribution is -0.384. The first kappa shape index (κ1) is 23.9. The number of hydrazone groups is 1. The number of benzene rings is 1. The minimum Gasteiger partial charge on any atom is -0.507 e. The summed E-state index contributed by atoms with van der Waals surface area (Å²) in [5, 5.41) is 26.9. The van der Waals surface area contributed by atoms with Crippen LogP contribution in [0.15, 0.2) is 23.3 Å². The number of thiophene rings is 1. The molecule has 1 aliphatic rings. The fourth-order valence-electron chi connectivity index (χ4n) is 3.39. The number of hydrogen-bond acceptors (Lipinski definition) is 9. The fraction of sp³-hybridized carbons (Fsp3) is 0.333. The molecule has 1 aliphatic carbocycles. The molecule has 33 heavy (non-hydrogen) atoms. The van der Waals surface area contributed by atoms with Crippen LogP contribution in [-0.2, 0) is 27.2 Å². The van der Waals surface area contributed by atoms with Gasteiger partial charge in [0.2, 0.25) is 0 Å². The molecule has 2 aromatic rings. The topological polar surface area (TPSA) is 160 Å². The average molecular weight is 474 g/mol. The number of carbonyl (C=O) groups is 3. The molecule has 0 saturated carbocycles. The minimum atomic E-state index is -1.12. The predicted octanol–water partition coefficient (Wildman–Crippen LogP) is 2.75. The summed E-state index contributed by atoms with van der Waals surface area (Å²) < 4.78 is 5.13. The van der Waals surface area contributed by atoms with E-state index in [1.54, 1.807) is 6.92 Å². The van der Waals surface area contributed by atoms with Crippen molar-refractivity contribution >= 4 is 46.0 Å². The van der Waals surface area contributed by atoms with E-state index in [-0.39, 0.29) is 34.2 Å². The Bertz CT molecular complexity index is 1140. The van der Waals surface area contributed by atoms with Gasteiger partial charge < -0.3 is 15.2 Å². The zero-order chi connectivity index (χ0) is 24.1. The number of fused-ring (bicyclic) bond motifs is 1. The van der Waals surface area contributed by atoms with Crippen LogP contribution in [0.5, 0.6) is 5.75 Å². The van der Waals surface area contributed by atoms with Gasteiger partial charge in [-0.15, -0.1) is 11.3 Å². The molecule has 0 saturated heterocycles. The Morgan fingerprint density at radius 1 is 1.36 bits per heavy atom. The Morgan fingerprint density at radius 3 is 2.82 bits per heavy atom. The van der Waals surface area contributed by atoms with Gasteiger partial charge in [-0.25, -0.2) is 10.2 Å². The number of nitro benzene ring substituents is 1. The van der Waals surface area contributed by atoms with Gasteiger partial charge in [-0.2, -0.15) is 5.10 Å². The van der Waals surface area contributed by atoms with Crippen LogP contribution in [0.1, 0.15) is 46.6 Å². The fourth-order valence-corrected chi connectivity index (χ4v) is 4.78. The second kappa shape index (κ2) is 10.2. The van der Waals surface area contributed by atoms with Crippen molar-refractivity contribution in [1.29, 1.82) is 0 Å². The van der Waals surface area contributed by atoms with Gasteiger partial charge in [-0.1, -0.05) is 6.92 Å². The Labute approximate surface area is 192 Å². The van der Waals surface area contributed by atoms with Crippen molar-refractivity contribution < 1.29 is 29.2 Å². The highest BCUT2D eigenvalue weighted by molar-refractivity contribution is 7.17. The van der Waals surface area contributed by atoms with E-state index in [1.165, 1.54) is 11.3 Å². The number of nitrogens with zero attached hydrogens (tertiary/aromatic N) is 2. The number of nitro groups is 1. The Hall–Kier alpha value is -3.80. The quantitative estimate of drug-likeness (QED) is 0.191. The minimum absolute atomic E-state index is 0.0189. The van der Waals surface area contributed by atoms with Crippen LogP contribution in [0.4, 0.5) is 10.7 Å². The van der Waals surface area contributed by atoms with Crippen LogP contribution < -0.4 is 10.7 Å². The number of phenols is 1. The van der Waals surface area contributed by atoms with Gasteiger partial charge in [0.05, 0.1) is 23.3 Å². The van der Waals surface area contributed by atoms with Crippen molar-refractivity contribution in [2.75, 3.05) is 11.9 Å². The predicted molar refractivity (Wildman–Crippen MR) is 121 cm³/mol. The maximum absolute atomic E-state index is 12.5. The Balaban J connectivity index is 1.73. The molecule has 1 aromatic heterocycles. The summed E-state index contributed by atoms with van der Waals surface area (Å²) in [6, 6.07) is 3.29. The first-order valence-electron chi connectivity index (χ1n) is 10.1. The van der Waals surface area contributed by atoms with Crippen LogP contribution in [0, 0.1) is 16.0 Å². The highest BCUT2D eigenvalue weighted by atomic mass is 32.1. The molecule has 2 amide bonds. The number of ether oxygens (including phenoxy) is 1. The van der Waals surface area contributed by atoms with E-state index in [1.807, 2.05) is 5.43 Å². The van der Waals surface area contributed by atoms with E-state index < -0.39 is 22.7 Å². The number of nitrogens with one attached hydrogen (secondary N) is 2. The molecule has 3 N–H and O–H groups in total. The average Bonchev–Trinajstić information content (AvgIpc) is 3.11. The number of phenolic OH excluding ortho intramolecular Hbond substituents is 1. The van der Waals surface area contributed by atoms with Gasteiger partial charge in [0.1, 0.15) is 10.8 Å². The normalized spacial score (nSPS) is 15.0. The smallest absolute Gasteiger partial charge is 0.341 e. The SMILES string of the molecule is CCOC(=O)c1c(NC(=O)C(=O)N/N=C/c2cc([N+](=O)[O-])ccc2O)sc2c1CCC(C)C2. The van der Waals surface area contributed by atoms with Crippen molar-refractivity contribution in [1.82, 2.24) is 5.43 Å². The first-order chi connectivity index (χ1) is 15.7. The molecule has 12 heteroatoms. The molecule has 11 nitrogen and oxygen atoms in total. The molecule has 0 spiro atoms. The highest BCUT2D eigenvalue weighted by Crippen LogP contribution is 2.40. The van der Waals surface area contributed by atoms with E-state index in [0.29, 0.717) is 12.3 Å². The monoisotopic (exact) mass is 474 g/mol. The largest absolute Gasteiger partial charge is 0.507 e. The molecule has 0 aliphatic heterocycles. The second-order valence-corrected chi connectivity index (χ2v) is 8.54. The summed E-state index contributed by atoms with van der Waals surface area (Å²) in [5.41, 5.74) is 2.81. The van der Waals surface area contributed by atoms with E-state index in [4.69, 9.17) is 4.74 Å². The zero-order valence-corrected chi connectivity index (χ0v) is 18.7. The molecule has 1 aromatic carbocycles. The molecule has 174 valence electrons. The van der Waals surface area contributed by atoms with Gasteiger partial charge >= 0.3 is 17.8 Å². The molecule has 0 radical (unpaired) electrons. The summed E-state index contributed by atoms with van der Waals surface area (Å²) in [7, 11) is 0. The third-order valence-corrected chi connectivity index (χ3v) is 6.19. The highest BCUT2D eigenvalue weighted by Gasteiger charge is 2.30. The number of aromatic hydroxyl groups is 1. The lowest BCUT2D eigenvalue weighted by Gasteiger charge is -2.18. The van der Waals surface area contributed by atoms with E-state index >= 15 is 0 Å². The molecule has 1 heterocycles. The van der Waals surface area contributed by atoms with Crippen molar-refractivity contribution in [2.24, 2.45) is 11.0 Å². The standard InChI is InChI=1S/C21H22N4O7S/c1-3-32-21(29)17-14-6-4-11(2)8-16(14)33-20(17)23-18(27)19(28)24-22-10-12-9-13(25(30)31)5-7-15(12)26/h5,7,9-11,26H,3-4,6,8H2,1-2H3,(H,23,27)(H,24,28)/b22-10+. The number of amides is 2. The van der Waals surface area contributed by atoms with Crippen LogP contribution in [0.25, 0.3) is 0 Å². The van der Waals surface area contributed by atoms with E-state index in [0.717, 1.165) is 47.7 Å². The number of non-ortho nitro benzene ring substituents is 1. The maximum atomic E-state index is 12.5. The molecular formula is C21H22N4O7S. The van der Waals surface area contributed by atoms with Crippen molar-refractivity contribution in [3.8, 4) is 5.75 Å². The van der Waals surface area contributed by atoms with Gasteiger partial charge in [0, 0.05) is 22.6 Å². The number of esters is 1. The third-order valence-electron chi connectivity index (χ3n) is 5.02. The second-order valence-electron chi connectivity index (χ2n) is 7.43.